The smallest absolute Gasteiger partial charge is 0.251 e. The maximum atomic E-state index is 13.0. The van der Waals surface area contributed by atoms with Crippen LogP contribution in [0.4, 0.5) is 0 Å². The van der Waals surface area contributed by atoms with Crippen molar-refractivity contribution in [2.45, 2.75) is 71.8 Å². The Labute approximate surface area is 158 Å². The van der Waals surface area contributed by atoms with Crippen molar-refractivity contribution in [1.82, 2.24) is 10.2 Å². The topological polar surface area (TPSA) is 49.4 Å². The minimum absolute atomic E-state index is 0.0538. The van der Waals surface area contributed by atoms with Gasteiger partial charge in [0.2, 0.25) is 5.91 Å². The fourth-order valence-electron chi connectivity index (χ4n) is 3.35. The Morgan fingerprint density at radius 2 is 1.50 bits per heavy atom. The fourth-order valence-corrected chi connectivity index (χ4v) is 3.35. The molecule has 0 aromatic heterocycles. The molecule has 1 aromatic carbocycles. The highest BCUT2D eigenvalue weighted by molar-refractivity contribution is 5.97. The maximum absolute atomic E-state index is 13.0. The van der Waals surface area contributed by atoms with Crippen LogP contribution in [0.15, 0.2) is 24.3 Å². The Kier molecular flexibility index (Phi) is 6.85. The molecule has 1 aliphatic rings. The lowest BCUT2D eigenvalue weighted by Gasteiger charge is -2.29. The Morgan fingerprint density at radius 3 is 1.96 bits per heavy atom. The van der Waals surface area contributed by atoms with Crippen LogP contribution in [0.3, 0.4) is 0 Å². The molecular weight excluding hydrogens is 324 g/mol. The third kappa shape index (κ3) is 5.33. The van der Waals surface area contributed by atoms with Crippen LogP contribution in [-0.2, 0) is 10.2 Å². The van der Waals surface area contributed by atoms with Crippen LogP contribution < -0.4 is 5.32 Å². The summed E-state index contributed by atoms with van der Waals surface area (Å²) in [5, 5.41) is 2.98. The first-order valence-corrected chi connectivity index (χ1v) is 9.90. The molecule has 1 saturated heterocycles. The molecule has 0 aliphatic carbocycles. The largest absolute Gasteiger partial charge is 0.341 e. The number of likely N-dealkylation sites (tertiary alicyclic amines) is 1. The lowest BCUT2D eigenvalue weighted by Crippen LogP contribution is -2.51. The number of hydrogen-bond acceptors (Lipinski definition) is 2. The van der Waals surface area contributed by atoms with E-state index in [1.165, 1.54) is 18.4 Å². The zero-order chi connectivity index (χ0) is 19.3. The molecule has 144 valence electrons. The van der Waals surface area contributed by atoms with Gasteiger partial charge in [-0.3, -0.25) is 9.59 Å². The summed E-state index contributed by atoms with van der Waals surface area (Å²) >= 11 is 0. The third-order valence-corrected chi connectivity index (χ3v) is 5.15. The van der Waals surface area contributed by atoms with Gasteiger partial charge in [0.1, 0.15) is 6.04 Å². The van der Waals surface area contributed by atoms with Gasteiger partial charge >= 0.3 is 0 Å². The highest BCUT2D eigenvalue weighted by Crippen LogP contribution is 2.22. The quantitative estimate of drug-likeness (QED) is 0.879. The summed E-state index contributed by atoms with van der Waals surface area (Å²) in [4.78, 5) is 27.6. The Hall–Kier alpha value is -1.84. The number of amides is 2. The number of nitrogens with one attached hydrogen (secondary N) is 1. The molecule has 0 saturated carbocycles. The highest BCUT2D eigenvalue weighted by atomic mass is 16.2. The summed E-state index contributed by atoms with van der Waals surface area (Å²) in [5.74, 6) is -0.0579. The van der Waals surface area contributed by atoms with Gasteiger partial charge in [0.05, 0.1) is 0 Å². The maximum Gasteiger partial charge on any atom is 0.251 e. The van der Waals surface area contributed by atoms with Crippen molar-refractivity contribution >= 4 is 11.8 Å². The van der Waals surface area contributed by atoms with E-state index in [0.717, 1.165) is 25.9 Å². The predicted molar refractivity (Wildman–Crippen MR) is 106 cm³/mol. The zero-order valence-corrected chi connectivity index (χ0v) is 17.0. The van der Waals surface area contributed by atoms with E-state index in [-0.39, 0.29) is 23.1 Å². The highest BCUT2D eigenvalue weighted by Gasteiger charge is 2.29. The second-order valence-corrected chi connectivity index (χ2v) is 8.76. The molecule has 2 amide bonds. The number of carbonyl (C=O) groups excluding carboxylic acids is 2. The number of nitrogens with zero attached hydrogens (tertiary/aromatic N) is 1. The van der Waals surface area contributed by atoms with E-state index < -0.39 is 6.04 Å². The van der Waals surface area contributed by atoms with Crippen molar-refractivity contribution in [1.29, 1.82) is 0 Å². The standard InChI is InChI=1S/C22H34N2O2/c1-16(2)19(21(26)24-14-8-6-7-9-15-24)23-20(25)17-10-12-18(13-11-17)22(3,4)5/h10-13,16,19H,6-9,14-15H2,1-5H3,(H,23,25). The second-order valence-electron chi connectivity index (χ2n) is 8.76. The van der Waals surface area contributed by atoms with Gasteiger partial charge in [-0.1, -0.05) is 59.6 Å². The summed E-state index contributed by atoms with van der Waals surface area (Å²) in [6.07, 6.45) is 4.47. The van der Waals surface area contributed by atoms with Gasteiger partial charge in [0.25, 0.3) is 5.91 Å². The molecule has 2 rings (SSSR count). The van der Waals surface area contributed by atoms with Gasteiger partial charge in [-0.25, -0.2) is 0 Å². The molecule has 4 heteroatoms. The van der Waals surface area contributed by atoms with Gasteiger partial charge < -0.3 is 10.2 Å². The molecule has 1 unspecified atom stereocenters. The van der Waals surface area contributed by atoms with E-state index in [9.17, 15) is 9.59 Å². The Bertz CT molecular complexity index is 606. The van der Waals surface area contributed by atoms with Crippen molar-refractivity contribution in [3.05, 3.63) is 35.4 Å². The molecule has 1 fully saturated rings. The summed E-state index contributed by atoms with van der Waals surface area (Å²) < 4.78 is 0. The number of carbonyl (C=O) groups is 2. The third-order valence-electron chi connectivity index (χ3n) is 5.15. The van der Waals surface area contributed by atoms with Crippen molar-refractivity contribution in [3.8, 4) is 0 Å². The molecule has 4 nitrogen and oxygen atoms in total. The van der Waals surface area contributed by atoms with Gasteiger partial charge in [-0.15, -0.1) is 0 Å². The van der Waals surface area contributed by atoms with Crippen LogP contribution in [-0.4, -0.2) is 35.8 Å². The summed E-state index contributed by atoms with van der Waals surface area (Å²) in [5.41, 5.74) is 1.85. The van der Waals surface area contributed by atoms with Crippen molar-refractivity contribution in [2.24, 2.45) is 5.92 Å². The minimum atomic E-state index is -0.470. The zero-order valence-electron chi connectivity index (χ0n) is 17.0. The molecule has 1 aromatic rings. The number of benzene rings is 1. The first-order valence-electron chi connectivity index (χ1n) is 9.90. The normalized spacial score (nSPS) is 16.9. The molecule has 0 bridgehead atoms. The van der Waals surface area contributed by atoms with Crippen LogP contribution in [0.25, 0.3) is 0 Å². The van der Waals surface area contributed by atoms with E-state index in [0.29, 0.717) is 5.56 Å². The first-order chi connectivity index (χ1) is 12.2. The number of hydrogen-bond donors (Lipinski definition) is 1. The molecule has 0 radical (unpaired) electrons. The van der Waals surface area contributed by atoms with Crippen LogP contribution in [0.1, 0.15) is 76.2 Å². The minimum Gasteiger partial charge on any atom is -0.341 e. The lowest BCUT2D eigenvalue weighted by atomic mass is 9.86. The van der Waals surface area contributed by atoms with E-state index >= 15 is 0 Å². The number of rotatable bonds is 4. The molecule has 1 N–H and O–H groups in total. The van der Waals surface area contributed by atoms with Crippen molar-refractivity contribution < 1.29 is 9.59 Å². The van der Waals surface area contributed by atoms with E-state index in [4.69, 9.17) is 0 Å². The van der Waals surface area contributed by atoms with Crippen LogP contribution >= 0.6 is 0 Å². The van der Waals surface area contributed by atoms with Gasteiger partial charge in [-0.05, 0) is 41.9 Å². The molecule has 1 aliphatic heterocycles. The predicted octanol–water partition coefficient (Wildman–Crippen LogP) is 4.14. The van der Waals surface area contributed by atoms with Crippen molar-refractivity contribution in [3.63, 3.8) is 0 Å². The van der Waals surface area contributed by atoms with Crippen LogP contribution in [0.2, 0.25) is 0 Å². The lowest BCUT2D eigenvalue weighted by molar-refractivity contribution is -0.134. The van der Waals surface area contributed by atoms with Gasteiger partial charge in [0.15, 0.2) is 0 Å². The van der Waals surface area contributed by atoms with Gasteiger partial charge in [-0.2, -0.15) is 0 Å². The molecule has 26 heavy (non-hydrogen) atoms. The molecular formula is C22H34N2O2. The second kappa shape index (κ2) is 8.70. The molecule has 0 spiro atoms. The molecule has 1 atom stereocenters. The average Bonchev–Trinajstić information content (AvgIpc) is 2.87. The fraction of sp³-hybridized carbons (Fsp3) is 0.636. The first kappa shape index (κ1) is 20.5. The summed E-state index contributed by atoms with van der Waals surface area (Å²) in [7, 11) is 0. The monoisotopic (exact) mass is 358 g/mol. The van der Waals surface area contributed by atoms with Crippen molar-refractivity contribution in [2.75, 3.05) is 13.1 Å². The summed E-state index contributed by atoms with van der Waals surface area (Å²) in [6.45, 7) is 12.0. The van der Waals surface area contributed by atoms with Crippen LogP contribution in [0, 0.1) is 5.92 Å². The average molecular weight is 359 g/mol. The van der Waals surface area contributed by atoms with E-state index in [1.54, 1.807) is 0 Å². The SMILES string of the molecule is CC(C)C(NC(=O)c1ccc(C(C)(C)C)cc1)C(=O)N1CCCCCC1. The van der Waals surface area contributed by atoms with Crippen LogP contribution in [0.5, 0.6) is 0 Å². The van der Waals surface area contributed by atoms with E-state index in [1.807, 2.05) is 43.0 Å². The van der Waals surface area contributed by atoms with Gasteiger partial charge in [0, 0.05) is 18.7 Å². The van der Waals surface area contributed by atoms with E-state index in [2.05, 4.69) is 26.1 Å². The Morgan fingerprint density at radius 1 is 0.962 bits per heavy atom. The molecule has 1 heterocycles. The summed E-state index contributed by atoms with van der Waals surface area (Å²) in [6, 6.07) is 7.22. The Balaban J connectivity index is 2.08.